The fourth-order valence-electron chi connectivity index (χ4n) is 2.32. The molecule has 0 saturated carbocycles. The second-order valence-corrected chi connectivity index (χ2v) is 8.33. The number of hydrogen-bond acceptors (Lipinski definition) is 7. The van der Waals surface area contributed by atoms with Crippen LogP contribution in [0.1, 0.15) is 25.3 Å². The number of anilines is 3. The molecule has 0 spiro atoms. The van der Waals surface area contributed by atoms with Crippen molar-refractivity contribution < 1.29 is 8.42 Å². The van der Waals surface area contributed by atoms with Crippen molar-refractivity contribution in [2.24, 2.45) is 0 Å². The lowest BCUT2D eigenvalue weighted by Crippen LogP contribution is -2.24. The van der Waals surface area contributed by atoms with Gasteiger partial charge < -0.3 is 5.32 Å². The van der Waals surface area contributed by atoms with Crippen LogP contribution in [0.2, 0.25) is 0 Å². The molecular weight excluding hydrogens is 352 g/mol. The molecule has 3 aromatic heterocycles. The molecule has 8 nitrogen and oxygen atoms in total. The molecule has 0 amide bonds. The van der Waals surface area contributed by atoms with Gasteiger partial charge in [0.25, 0.3) is 0 Å². The molecular formula is C17H20N6O2S. The van der Waals surface area contributed by atoms with Crippen molar-refractivity contribution >= 4 is 38.4 Å². The second kappa shape index (κ2) is 6.83. The molecule has 0 atom stereocenters. The van der Waals surface area contributed by atoms with Crippen molar-refractivity contribution in [3.63, 3.8) is 0 Å². The number of rotatable bonds is 5. The van der Waals surface area contributed by atoms with Gasteiger partial charge in [0.1, 0.15) is 5.82 Å². The lowest BCUT2D eigenvalue weighted by Gasteiger charge is -2.16. The Labute approximate surface area is 152 Å². The van der Waals surface area contributed by atoms with Crippen molar-refractivity contribution in [2.75, 3.05) is 22.9 Å². The van der Waals surface area contributed by atoms with Crippen molar-refractivity contribution in [1.82, 2.24) is 20.2 Å². The highest BCUT2D eigenvalue weighted by molar-refractivity contribution is 7.92. The maximum Gasteiger partial charge on any atom is 0.232 e. The number of nitrogens with one attached hydrogen (secondary N) is 1. The minimum Gasteiger partial charge on any atom is -0.323 e. The van der Waals surface area contributed by atoms with Crippen molar-refractivity contribution in [2.45, 2.75) is 19.8 Å². The number of fused-ring (bicyclic) bond motifs is 1. The lowest BCUT2D eigenvalue weighted by atomic mass is 10.1. The summed E-state index contributed by atoms with van der Waals surface area (Å²) in [6, 6.07) is 7.22. The van der Waals surface area contributed by atoms with Crippen LogP contribution < -0.4 is 9.62 Å². The molecule has 0 fully saturated rings. The molecule has 3 rings (SSSR count). The van der Waals surface area contributed by atoms with Gasteiger partial charge in [-0.15, -0.1) is 5.10 Å². The van der Waals surface area contributed by atoms with Gasteiger partial charge in [-0.2, -0.15) is 5.10 Å². The summed E-state index contributed by atoms with van der Waals surface area (Å²) in [5, 5.41) is 11.2. The molecule has 0 unspecified atom stereocenters. The molecule has 0 saturated heterocycles. The summed E-state index contributed by atoms with van der Waals surface area (Å²) in [6.45, 7) is 4.17. The summed E-state index contributed by atoms with van der Waals surface area (Å²) in [6.07, 6.45) is 4.39. The van der Waals surface area contributed by atoms with Gasteiger partial charge in [-0.05, 0) is 35.7 Å². The minimum absolute atomic E-state index is 0.342. The van der Waals surface area contributed by atoms with Crippen LogP contribution >= 0.6 is 0 Å². The maximum atomic E-state index is 11.7. The van der Waals surface area contributed by atoms with Crippen LogP contribution in [0.15, 0.2) is 36.7 Å². The largest absolute Gasteiger partial charge is 0.323 e. The summed E-state index contributed by atoms with van der Waals surface area (Å²) >= 11 is 0. The predicted molar refractivity (Wildman–Crippen MR) is 102 cm³/mol. The first kappa shape index (κ1) is 18.0. The van der Waals surface area contributed by atoms with Gasteiger partial charge in [-0.1, -0.05) is 13.8 Å². The number of aromatic nitrogens is 4. The quantitative estimate of drug-likeness (QED) is 0.735. The summed E-state index contributed by atoms with van der Waals surface area (Å²) in [5.74, 6) is 1.52. The zero-order valence-corrected chi connectivity index (χ0v) is 15.8. The van der Waals surface area contributed by atoms with E-state index >= 15 is 0 Å². The highest BCUT2D eigenvalue weighted by atomic mass is 32.2. The first-order valence-electron chi connectivity index (χ1n) is 8.04. The Morgan fingerprint density at radius 3 is 2.54 bits per heavy atom. The summed E-state index contributed by atoms with van der Waals surface area (Å²) in [5.41, 5.74) is 2.77. The van der Waals surface area contributed by atoms with Gasteiger partial charge in [0.15, 0.2) is 5.82 Å². The molecule has 26 heavy (non-hydrogen) atoms. The Morgan fingerprint density at radius 2 is 1.85 bits per heavy atom. The Bertz CT molecular complexity index is 1050. The van der Waals surface area contributed by atoms with Crippen molar-refractivity contribution in [3.05, 3.63) is 42.2 Å². The second-order valence-electron chi connectivity index (χ2n) is 6.31. The number of sulfonamides is 1. The highest BCUT2D eigenvalue weighted by Crippen LogP contribution is 2.23. The van der Waals surface area contributed by atoms with E-state index in [9.17, 15) is 8.42 Å². The normalized spacial score (nSPS) is 11.7. The number of nitrogens with zero attached hydrogens (tertiary/aromatic N) is 5. The van der Waals surface area contributed by atoms with E-state index in [1.807, 2.05) is 12.1 Å². The van der Waals surface area contributed by atoms with Gasteiger partial charge >= 0.3 is 0 Å². The van der Waals surface area contributed by atoms with E-state index in [2.05, 4.69) is 39.3 Å². The van der Waals surface area contributed by atoms with E-state index in [0.29, 0.717) is 34.3 Å². The first-order valence-corrected chi connectivity index (χ1v) is 9.89. The van der Waals surface area contributed by atoms with Crippen LogP contribution in [0.5, 0.6) is 0 Å². The molecule has 0 bridgehead atoms. The van der Waals surface area contributed by atoms with Crippen LogP contribution in [0.3, 0.4) is 0 Å². The Morgan fingerprint density at radius 1 is 1.08 bits per heavy atom. The van der Waals surface area contributed by atoms with E-state index in [-0.39, 0.29) is 0 Å². The first-order chi connectivity index (χ1) is 12.2. The van der Waals surface area contributed by atoms with Crippen LogP contribution in [0.4, 0.5) is 17.3 Å². The van der Waals surface area contributed by atoms with Gasteiger partial charge in [-0.25, -0.2) is 13.4 Å². The van der Waals surface area contributed by atoms with E-state index in [0.717, 1.165) is 11.8 Å². The topological polar surface area (TPSA) is 101 Å². The molecule has 0 aliphatic carbocycles. The molecule has 3 heterocycles. The third kappa shape index (κ3) is 3.88. The van der Waals surface area contributed by atoms with E-state index < -0.39 is 10.0 Å². The average Bonchev–Trinajstić information content (AvgIpc) is 2.60. The standard InChI is InChI=1S/C17H20N6O2S/c1-11(2)12-7-17(22-19-9-12)21-16-6-5-14-15(20-16)8-13(10-18-14)23(3)26(4,24)25/h5-11H,1-4H3,(H,20,21,22). The molecule has 9 heteroatoms. The van der Waals surface area contributed by atoms with E-state index in [4.69, 9.17) is 0 Å². The zero-order valence-electron chi connectivity index (χ0n) is 15.0. The number of hydrogen-bond donors (Lipinski definition) is 1. The van der Waals surface area contributed by atoms with Crippen LogP contribution in [-0.2, 0) is 10.0 Å². The molecule has 136 valence electrons. The van der Waals surface area contributed by atoms with E-state index in [1.165, 1.54) is 17.5 Å². The van der Waals surface area contributed by atoms with Gasteiger partial charge in [-0.3, -0.25) is 9.29 Å². The average molecular weight is 372 g/mol. The molecule has 0 aliphatic heterocycles. The third-order valence-electron chi connectivity index (χ3n) is 3.98. The van der Waals surface area contributed by atoms with Crippen molar-refractivity contribution in [3.8, 4) is 0 Å². The summed E-state index contributed by atoms with van der Waals surface area (Å²) in [7, 11) is -1.89. The van der Waals surface area contributed by atoms with Gasteiger partial charge in [0.2, 0.25) is 10.0 Å². The van der Waals surface area contributed by atoms with Gasteiger partial charge in [0.05, 0.1) is 35.4 Å². The highest BCUT2D eigenvalue weighted by Gasteiger charge is 2.13. The molecule has 1 N–H and O–H groups in total. The smallest absolute Gasteiger partial charge is 0.232 e. The fourth-order valence-corrected chi connectivity index (χ4v) is 2.80. The Balaban J connectivity index is 1.94. The van der Waals surface area contributed by atoms with Crippen LogP contribution in [-0.4, -0.2) is 41.9 Å². The molecule has 0 radical (unpaired) electrons. The lowest BCUT2D eigenvalue weighted by molar-refractivity contribution is 0.600. The van der Waals surface area contributed by atoms with Crippen molar-refractivity contribution in [1.29, 1.82) is 0 Å². The molecule has 0 aromatic carbocycles. The monoisotopic (exact) mass is 372 g/mol. The van der Waals surface area contributed by atoms with Crippen LogP contribution in [0.25, 0.3) is 11.0 Å². The van der Waals surface area contributed by atoms with Gasteiger partial charge in [0, 0.05) is 7.05 Å². The predicted octanol–water partition coefficient (Wildman–Crippen LogP) is 2.68. The third-order valence-corrected chi connectivity index (χ3v) is 5.19. The minimum atomic E-state index is -3.36. The zero-order chi connectivity index (χ0) is 18.9. The molecule has 0 aliphatic rings. The van der Waals surface area contributed by atoms with E-state index in [1.54, 1.807) is 18.3 Å². The number of pyridine rings is 2. The SMILES string of the molecule is CC(C)c1cnnc(Nc2ccc3ncc(N(C)S(C)(=O)=O)cc3n2)c1. The van der Waals surface area contributed by atoms with Crippen LogP contribution in [0, 0.1) is 0 Å². The Kier molecular flexibility index (Phi) is 4.73. The summed E-state index contributed by atoms with van der Waals surface area (Å²) in [4.78, 5) is 8.78. The molecule has 3 aromatic rings. The summed E-state index contributed by atoms with van der Waals surface area (Å²) < 4.78 is 24.6. The maximum absolute atomic E-state index is 11.7. The Hall–Kier alpha value is -2.81. The fraction of sp³-hybridized carbons (Fsp3) is 0.294.